The molecule has 0 aliphatic carbocycles. The van der Waals surface area contributed by atoms with Crippen molar-refractivity contribution in [2.75, 3.05) is 13.1 Å². The van der Waals surface area contributed by atoms with Gasteiger partial charge in [0.15, 0.2) is 0 Å². The van der Waals surface area contributed by atoms with Crippen molar-refractivity contribution >= 4 is 29.6 Å². The number of hydrogen-bond donors (Lipinski definition) is 6. The van der Waals surface area contributed by atoms with Crippen molar-refractivity contribution in [3.63, 3.8) is 0 Å². The molecule has 0 aliphatic rings. The Morgan fingerprint density at radius 3 is 2.04 bits per heavy atom. The molecule has 0 aliphatic heterocycles. The first-order valence-electron chi connectivity index (χ1n) is 7.64. The summed E-state index contributed by atoms with van der Waals surface area (Å²) in [4.78, 5) is 57.2. The Balaban J connectivity index is 4.90. The molecule has 0 fully saturated rings. The molecule has 4 amide bonds. The first-order chi connectivity index (χ1) is 11.6. The van der Waals surface area contributed by atoms with Crippen LogP contribution in [0.1, 0.15) is 26.7 Å². The number of carbonyl (C=O) groups excluding carboxylic acids is 4. The van der Waals surface area contributed by atoms with E-state index in [0.717, 1.165) is 0 Å². The van der Waals surface area contributed by atoms with Gasteiger partial charge in [-0.2, -0.15) is 0 Å². The van der Waals surface area contributed by atoms with Crippen molar-refractivity contribution in [1.82, 2.24) is 16.0 Å². The molecule has 0 aromatic carbocycles. The van der Waals surface area contributed by atoms with Crippen molar-refractivity contribution < 1.29 is 29.1 Å². The summed E-state index contributed by atoms with van der Waals surface area (Å²) in [6.45, 7) is 2.80. The molecule has 0 aromatic rings. The number of carboxylic acids is 1. The monoisotopic (exact) mass is 359 g/mol. The fourth-order valence-electron chi connectivity index (χ4n) is 1.87. The Kier molecular flexibility index (Phi) is 9.79. The first kappa shape index (κ1) is 22.3. The van der Waals surface area contributed by atoms with Crippen LogP contribution in [0.15, 0.2) is 0 Å². The van der Waals surface area contributed by atoms with Gasteiger partial charge in [-0.1, -0.05) is 13.8 Å². The first-order valence-corrected chi connectivity index (χ1v) is 7.64. The number of rotatable bonds is 11. The highest BCUT2D eigenvalue weighted by Crippen LogP contribution is 2.06. The van der Waals surface area contributed by atoms with E-state index in [1.54, 1.807) is 13.8 Å². The number of carboxylic acid groups (broad SMARTS) is 1. The van der Waals surface area contributed by atoms with Crippen molar-refractivity contribution in [1.29, 1.82) is 0 Å². The predicted molar refractivity (Wildman–Crippen MR) is 86.8 cm³/mol. The van der Waals surface area contributed by atoms with Crippen LogP contribution in [0.3, 0.4) is 0 Å². The second-order valence-electron chi connectivity index (χ2n) is 5.80. The van der Waals surface area contributed by atoms with E-state index in [2.05, 4.69) is 16.0 Å². The van der Waals surface area contributed by atoms with E-state index in [4.69, 9.17) is 16.6 Å². The third-order valence-corrected chi connectivity index (χ3v) is 3.01. The van der Waals surface area contributed by atoms with Gasteiger partial charge in [0.25, 0.3) is 0 Å². The predicted octanol–water partition coefficient (Wildman–Crippen LogP) is -2.96. The van der Waals surface area contributed by atoms with Crippen molar-refractivity contribution in [3.8, 4) is 0 Å². The number of nitrogens with one attached hydrogen (secondary N) is 3. The van der Waals surface area contributed by atoms with E-state index in [1.807, 2.05) is 0 Å². The summed E-state index contributed by atoms with van der Waals surface area (Å²) in [5, 5.41) is 15.8. The van der Waals surface area contributed by atoms with Gasteiger partial charge in [0.05, 0.1) is 19.5 Å². The molecule has 0 spiro atoms. The Hall–Kier alpha value is -2.69. The SMILES string of the molecule is CC(C)CC(NC(=O)C(CC(N)=O)NC(=O)CNC(=O)CN)C(=O)O. The molecule has 0 saturated carbocycles. The molecule has 0 aromatic heterocycles. The standard InChI is InChI=1S/C14H25N5O6/c1-7(2)3-9(14(24)25)19-13(23)8(4-10(16)20)18-12(22)6-17-11(21)5-15/h7-9H,3-6,15H2,1-2H3,(H2,16,20)(H,17,21)(H,18,22)(H,19,23)(H,24,25). The average molecular weight is 359 g/mol. The van der Waals surface area contributed by atoms with Crippen LogP contribution < -0.4 is 27.4 Å². The number of amides is 4. The Morgan fingerprint density at radius 2 is 1.60 bits per heavy atom. The molecule has 0 heterocycles. The third kappa shape index (κ3) is 9.91. The molecular formula is C14H25N5O6. The van der Waals surface area contributed by atoms with Crippen molar-refractivity contribution in [2.45, 2.75) is 38.8 Å². The van der Waals surface area contributed by atoms with Gasteiger partial charge < -0.3 is 32.5 Å². The minimum Gasteiger partial charge on any atom is -0.480 e. The highest BCUT2D eigenvalue weighted by atomic mass is 16.4. The molecule has 11 heteroatoms. The van der Waals surface area contributed by atoms with E-state index in [-0.39, 0.29) is 18.9 Å². The summed E-state index contributed by atoms with van der Waals surface area (Å²) < 4.78 is 0. The van der Waals surface area contributed by atoms with Crippen molar-refractivity contribution in [2.24, 2.45) is 17.4 Å². The maximum atomic E-state index is 12.2. The normalized spacial score (nSPS) is 12.8. The summed E-state index contributed by atoms with van der Waals surface area (Å²) in [5.74, 6) is -4.28. The van der Waals surface area contributed by atoms with E-state index >= 15 is 0 Å². The molecule has 0 radical (unpaired) electrons. The zero-order valence-electron chi connectivity index (χ0n) is 14.2. The van der Waals surface area contributed by atoms with Crippen LogP contribution in [0.25, 0.3) is 0 Å². The van der Waals surface area contributed by atoms with E-state index in [9.17, 15) is 24.0 Å². The highest BCUT2D eigenvalue weighted by molar-refractivity contribution is 5.94. The molecule has 25 heavy (non-hydrogen) atoms. The molecule has 2 atom stereocenters. The topological polar surface area (TPSA) is 194 Å². The van der Waals surface area contributed by atoms with Crippen LogP contribution in [0.2, 0.25) is 0 Å². The summed E-state index contributed by atoms with van der Waals surface area (Å²) in [6, 6.07) is -2.52. The second-order valence-corrected chi connectivity index (χ2v) is 5.80. The lowest BCUT2D eigenvalue weighted by atomic mass is 10.0. The summed E-state index contributed by atoms with van der Waals surface area (Å²) in [5.41, 5.74) is 10.1. The number of primary amides is 1. The summed E-state index contributed by atoms with van der Waals surface area (Å²) in [6.07, 6.45) is -0.346. The maximum Gasteiger partial charge on any atom is 0.326 e. The van der Waals surface area contributed by atoms with Gasteiger partial charge in [0, 0.05) is 0 Å². The summed E-state index contributed by atoms with van der Waals surface area (Å²) >= 11 is 0. The molecule has 142 valence electrons. The van der Waals surface area contributed by atoms with Crippen molar-refractivity contribution in [3.05, 3.63) is 0 Å². The maximum absolute atomic E-state index is 12.2. The van der Waals surface area contributed by atoms with Gasteiger partial charge in [-0.15, -0.1) is 0 Å². The second kappa shape index (κ2) is 11.0. The minimum absolute atomic E-state index is 0.00273. The van der Waals surface area contributed by atoms with Crippen LogP contribution >= 0.6 is 0 Å². The van der Waals surface area contributed by atoms with E-state index < -0.39 is 54.6 Å². The highest BCUT2D eigenvalue weighted by Gasteiger charge is 2.28. The fourth-order valence-corrected chi connectivity index (χ4v) is 1.87. The Bertz CT molecular complexity index is 522. The van der Waals surface area contributed by atoms with Gasteiger partial charge in [-0.05, 0) is 12.3 Å². The van der Waals surface area contributed by atoms with Crippen LogP contribution in [-0.2, 0) is 24.0 Å². The van der Waals surface area contributed by atoms with Gasteiger partial charge in [-0.3, -0.25) is 19.2 Å². The Labute approximate surface area is 144 Å². The van der Waals surface area contributed by atoms with Gasteiger partial charge >= 0.3 is 5.97 Å². The number of aliphatic carboxylic acids is 1. The Morgan fingerprint density at radius 1 is 1.00 bits per heavy atom. The fraction of sp³-hybridized carbons (Fsp3) is 0.643. The number of carbonyl (C=O) groups is 5. The zero-order valence-corrected chi connectivity index (χ0v) is 14.2. The van der Waals surface area contributed by atoms with E-state index in [1.165, 1.54) is 0 Å². The lowest BCUT2D eigenvalue weighted by Crippen LogP contribution is -2.54. The summed E-state index contributed by atoms with van der Waals surface area (Å²) in [7, 11) is 0. The number of nitrogens with two attached hydrogens (primary N) is 2. The molecule has 0 bridgehead atoms. The zero-order chi connectivity index (χ0) is 19.6. The quantitative estimate of drug-likeness (QED) is 0.227. The third-order valence-electron chi connectivity index (χ3n) is 3.01. The molecule has 8 N–H and O–H groups in total. The lowest BCUT2D eigenvalue weighted by molar-refractivity contribution is -0.142. The minimum atomic E-state index is -1.35. The van der Waals surface area contributed by atoms with E-state index in [0.29, 0.717) is 0 Å². The van der Waals surface area contributed by atoms with Gasteiger partial charge in [-0.25, -0.2) is 4.79 Å². The van der Waals surface area contributed by atoms with Gasteiger partial charge in [0.1, 0.15) is 12.1 Å². The molecule has 0 rings (SSSR count). The van der Waals surface area contributed by atoms with Crippen LogP contribution in [0.4, 0.5) is 0 Å². The van der Waals surface area contributed by atoms with Crippen LogP contribution in [0, 0.1) is 5.92 Å². The lowest BCUT2D eigenvalue weighted by Gasteiger charge is -2.21. The molecule has 11 nitrogen and oxygen atoms in total. The number of hydrogen-bond acceptors (Lipinski definition) is 6. The smallest absolute Gasteiger partial charge is 0.326 e. The molecular weight excluding hydrogens is 334 g/mol. The molecule has 0 saturated heterocycles. The molecule has 2 unspecified atom stereocenters. The van der Waals surface area contributed by atoms with Crippen LogP contribution in [-0.4, -0.2) is 59.9 Å². The largest absolute Gasteiger partial charge is 0.480 e. The average Bonchev–Trinajstić information content (AvgIpc) is 2.50. The van der Waals surface area contributed by atoms with Crippen LogP contribution in [0.5, 0.6) is 0 Å². The van der Waals surface area contributed by atoms with Gasteiger partial charge in [0.2, 0.25) is 23.6 Å².